The number of piperidine rings is 1. The predicted octanol–water partition coefficient (Wildman–Crippen LogP) is 3.13. The molecule has 2 aromatic rings. The lowest BCUT2D eigenvalue weighted by atomic mass is 10.0. The first-order valence-corrected chi connectivity index (χ1v) is 8.79. The van der Waals surface area contributed by atoms with E-state index >= 15 is 0 Å². The van der Waals surface area contributed by atoms with E-state index in [1.165, 1.54) is 0 Å². The molecule has 0 unspecified atom stereocenters. The number of hydrogen-bond acceptors (Lipinski definition) is 3. The second kappa shape index (κ2) is 7.36. The summed E-state index contributed by atoms with van der Waals surface area (Å²) < 4.78 is 1.83. The number of nitrogens with zero attached hydrogens (tertiary/aromatic N) is 2. The van der Waals surface area contributed by atoms with Crippen LogP contribution in [0.4, 0.5) is 0 Å². The Morgan fingerprint density at radius 2 is 1.96 bits per heavy atom. The van der Waals surface area contributed by atoms with Crippen LogP contribution in [0.25, 0.3) is 5.69 Å². The van der Waals surface area contributed by atoms with Gasteiger partial charge in [0.15, 0.2) is 0 Å². The van der Waals surface area contributed by atoms with Crippen molar-refractivity contribution in [3.05, 3.63) is 46.7 Å². The molecule has 2 N–H and O–H groups in total. The van der Waals surface area contributed by atoms with Crippen molar-refractivity contribution in [2.75, 3.05) is 13.1 Å². The van der Waals surface area contributed by atoms with Gasteiger partial charge in [0.1, 0.15) is 0 Å². The summed E-state index contributed by atoms with van der Waals surface area (Å²) in [6.45, 7) is 6.05. The Bertz CT molecular complexity index is 702. The van der Waals surface area contributed by atoms with Crippen LogP contribution in [-0.4, -0.2) is 34.8 Å². The molecule has 0 atom stereocenters. The Morgan fingerprint density at radius 1 is 1.29 bits per heavy atom. The summed E-state index contributed by atoms with van der Waals surface area (Å²) in [6, 6.07) is 7.72. The third-order valence-corrected chi connectivity index (χ3v) is 4.60. The van der Waals surface area contributed by atoms with Crippen LogP contribution in [0.1, 0.15) is 48.7 Å². The smallest absolute Gasteiger partial charge is 0.255 e. The largest absolute Gasteiger partial charge is 0.349 e. The van der Waals surface area contributed by atoms with E-state index in [9.17, 15) is 4.79 Å². The van der Waals surface area contributed by atoms with Crippen LogP contribution in [0.5, 0.6) is 0 Å². The molecular weight excluding hydrogens is 324 g/mol. The Morgan fingerprint density at radius 3 is 2.58 bits per heavy atom. The van der Waals surface area contributed by atoms with E-state index < -0.39 is 0 Å². The minimum absolute atomic E-state index is 0.0363. The number of aromatic nitrogens is 2. The maximum atomic E-state index is 12.7. The molecule has 1 aromatic carbocycles. The summed E-state index contributed by atoms with van der Waals surface area (Å²) >= 11 is 5.97. The first kappa shape index (κ1) is 17.0. The van der Waals surface area contributed by atoms with Crippen molar-refractivity contribution in [2.45, 2.75) is 38.6 Å². The van der Waals surface area contributed by atoms with Gasteiger partial charge < -0.3 is 10.6 Å². The topological polar surface area (TPSA) is 59.0 Å². The number of rotatable bonds is 4. The highest BCUT2D eigenvalue weighted by Crippen LogP contribution is 2.24. The second-order valence-electron chi connectivity index (χ2n) is 6.48. The third-order valence-electron chi connectivity index (χ3n) is 4.34. The first-order chi connectivity index (χ1) is 11.6. The number of benzene rings is 1. The Labute approximate surface area is 147 Å². The van der Waals surface area contributed by atoms with E-state index in [-0.39, 0.29) is 17.9 Å². The summed E-state index contributed by atoms with van der Waals surface area (Å²) in [5.74, 6) is 0.141. The predicted molar refractivity (Wildman–Crippen MR) is 96.0 cm³/mol. The molecule has 24 heavy (non-hydrogen) atoms. The Balaban J connectivity index is 1.88. The molecule has 1 aliphatic heterocycles. The molecule has 0 aliphatic carbocycles. The zero-order chi connectivity index (χ0) is 17.1. The molecule has 5 nitrogen and oxygen atoms in total. The van der Waals surface area contributed by atoms with Gasteiger partial charge in [-0.1, -0.05) is 25.4 Å². The normalized spacial score (nSPS) is 15.7. The van der Waals surface area contributed by atoms with Crippen molar-refractivity contribution >= 4 is 17.5 Å². The van der Waals surface area contributed by atoms with Crippen molar-refractivity contribution in [1.82, 2.24) is 20.4 Å². The quantitative estimate of drug-likeness (QED) is 0.894. The first-order valence-electron chi connectivity index (χ1n) is 8.41. The lowest BCUT2D eigenvalue weighted by Gasteiger charge is -2.24. The van der Waals surface area contributed by atoms with Crippen LogP contribution in [0.3, 0.4) is 0 Å². The molecule has 0 spiro atoms. The zero-order valence-corrected chi connectivity index (χ0v) is 14.8. The van der Waals surface area contributed by atoms with Crippen molar-refractivity contribution in [1.29, 1.82) is 0 Å². The zero-order valence-electron chi connectivity index (χ0n) is 14.1. The Hall–Kier alpha value is -1.85. The van der Waals surface area contributed by atoms with Gasteiger partial charge in [-0.25, -0.2) is 4.68 Å². The van der Waals surface area contributed by atoms with Gasteiger partial charge in [0.2, 0.25) is 0 Å². The highest BCUT2D eigenvalue weighted by atomic mass is 35.5. The van der Waals surface area contributed by atoms with E-state index in [2.05, 4.69) is 29.6 Å². The van der Waals surface area contributed by atoms with Gasteiger partial charge in [-0.2, -0.15) is 5.10 Å². The molecule has 0 saturated carbocycles. The molecule has 128 valence electrons. The molecular formula is C18H23ClN4O. The number of hydrogen-bond donors (Lipinski definition) is 2. The summed E-state index contributed by atoms with van der Waals surface area (Å²) in [4.78, 5) is 12.7. The minimum Gasteiger partial charge on any atom is -0.349 e. The monoisotopic (exact) mass is 346 g/mol. The number of nitrogens with one attached hydrogen (secondary N) is 2. The number of carbonyl (C=O) groups excluding carboxylic acids is 1. The van der Waals surface area contributed by atoms with Gasteiger partial charge in [-0.3, -0.25) is 4.79 Å². The van der Waals surface area contributed by atoms with Gasteiger partial charge in [-0.15, -0.1) is 0 Å². The molecule has 3 rings (SSSR count). The third kappa shape index (κ3) is 3.62. The lowest BCUT2D eigenvalue weighted by Crippen LogP contribution is -2.42. The van der Waals surface area contributed by atoms with E-state index in [1.54, 1.807) is 6.20 Å². The van der Waals surface area contributed by atoms with E-state index in [0.717, 1.165) is 37.3 Å². The SMILES string of the molecule is CC(C)c1c(C(=O)NC2CCNCC2)cnn1-c1ccc(Cl)cc1. The number of halogens is 1. The average molecular weight is 347 g/mol. The Kier molecular flexibility index (Phi) is 5.21. The minimum atomic E-state index is -0.0363. The fourth-order valence-corrected chi connectivity index (χ4v) is 3.23. The summed E-state index contributed by atoms with van der Waals surface area (Å²) in [5, 5.41) is 11.6. The van der Waals surface area contributed by atoms with E-state index in [0.29, 0.717) is 10.6 Å². The molecule has 1 amide bonds. The molecule has 1 fully saturated rings. The summed E-state index contributed by atoms with van der Waals surface area (Å²) in [5.41, 5.74) is 2.48. The van der Waals surface area contributed by atoms with Crippen molar-refractivity contribution < 1.29 is 4.79 Å². The van der Waals surface area contributed by atoms with Crippen molar-refractivity contribution in [3.8, 4) is 5.69 Å². The fraction of sp³-hybridized carbons (Fsp3) is 0.444. The number of carbonyl (C=O) groups is 1. The van der Waals surface area contributed by atoms with Gasteiger partial charge >= 0.3 is 0 Å². The second-order valence-corrected chi connectivity index (χ2v) is 6.92. The molecule has 0 radical (unpaired) electrons. The summed E-state index contributed by atoms with van der Waals surface area (Å²) in [7, 11) is 0. The molecule has 1 aromatic heterocycles. The maximum Gasteiger partial charge on any atom is 0.255 e. The van der Waals surface area contributed by atoms with Crippen LogP contribution >= 0.6 is 11.6 Å². The van der Waals surface area contributed by atoms with Gasteiger partial charge in [-0.05, 0) is 56.1 Å². The molecule has 1 aliphatic rings. The molecule has 6 heteroatoms. The van der Waals surface area contributed by atoms with Gasteiger partial charge in [0, 0.05) is 11.1 Å². The van der Waals surface area contributed by atoms with Gasteiger partial charge in [0.05, 0.1) is 23.1 Å². The fourth-order valence-electron chi connectivity index (χ4n) is 3.11. The highest BCUT2D eigenvalue weighted by Gasteiger charge is 2.23. The lowest BCUT2D eigenvalue weighted by molar-refractivity contribution is 0.0928. The maximum absolute atomic E-state index is 12.7. The number of amides is 1. The van der Waals surface area contributed by atoms with Crippen molar-refractivity contribution in [2.24, 2.45) is 0 Å². The standard InChI is InChI=1S/C18H23ClN4O/c1-12(2)17-16(18(24)22-14-7-9-20-10-8-14)11-21-23(17)15-5-3-13(19)4-6-15/h3-6,11-12,14,20H,7-10H2,1-2H3,(H,22,24). The van der Waals surface area contributed by atoms with Gasteiger partial charge in [0.25, 0.3) is 5.91 Å². The average Bonchev–Trinajstić information content (AvgIpc) is 3.02. The highest BCUT2D eigenvalue weighted by molar-refractivity contribution is 6.30. The van der Waals surface area contributed by atoms with Crippen LogP contribution < -0.4 is 10.6 Å². The van der Waals surface area contributed by atoms with E-state index in [4.69, 9.17) is 11.6 Å². The van der Waals surface area contributed by atoms with Crippen LogP contribution in [0.2, 0.25) is 5.02 Å². The van der Waals surface area contributed by atoms with Crippen LogP contribution in [0, 0.1) is 0 Å². The summed E-state index contributed by atoms with van der Waals surface area (Å²) in [6.07, 6.45) is 3.60. The van der Waals surface area contributed by atoms with Crippen LogP contribution in [-0.2, 0) is 0 Å². The van der Waals surface area contributed by atoms with E-state index in [1.807, 2.05) is 28.9 Å². The van der Waals surface area contributed by atoms with Crippen molar-refractivity contribution in [3.63, 3.8) is 0 Å². The molecule has 0 bridgehead atoms. The van der Waals surface area contributed by atoms with Crippen LogP contribution in [0.15, 0.2) is 30.5 Å². The molecule has 2 heterocycles. The molecule has 1 saturated heterocycles.